The summed E-state index contributed by atoms with van der Waals surface area (Å²) >= 11 is 0. The van der Waals surface area contributed by atoms with Crippen LogP contribution in [0.4, 0.5) is 11.4 Å². The second-order valence-corrected chi connectivity index (χ2v) is 6.02. The number of hydrogen-bond acceptors (Lipinski definition) is 5. The third-order valence-electron chi connectivity index (χ3n) is 4.44. The van der Waals surface area contributed by atoms with Crippen LogP contribution in [0.2, 0.25) is 0 Å². The molecule has 2 aromatic rings. The number of amides is 1. The van der Waals surface area contributed by atoms with Crippen LogP contribution in [0.1, 0.15) is 15.9 Å². The Balaban J connectivity index is 1.68. The van der Waals surface area contributed by atoms with Crippen LogP contribution >= 0.6 is 0 Å². The quantitative estimate of drug-likeness (QED) is 0.685. The second kappa shape index (κ2) is 6.80. The first kappa shape index (κ1) is 16.8. The molecule has 1 fully saturated rings. The van der Waals surface area contributed by atoms with E-state index in [9.17, 15) is 20.0 Å². The Morgan fingerprint density at radius 1 is 1.12 bits per heavy atom. The monoisotopic (exact) mass is 341 g/mol. The third kappa shape index (κ3) is 3.40. The molecule has 2 aromatic carbocycles. The van der Waals surface area contributed by atoms with Gasteiger partial charge in [0.25, 0.3) is 11.6 Å². The van der Waals surface area contributed by atoms with Gasteiger partial charge in [0.1, 0.15) is 5.75 Å². The van der Waals surface area contributed by atoms with Crippen LogP contribution < -0.4 is 4.90 Å². The van der Waals surface area contributed by atoms with Gasteiger partial charge in [-0.05, 0) is 31.2 Å². The van der Waals surface area contributed by atoms with Gasteiger partial charge in [-0.3, -0.25) is 14.9 Å². The lowest BCUT2D eigenvalue weighted by molar-refractivity contribution is -0.385. The van der Waals surface area contributed by atoms with E-state index in [1.807, 2.05) is 0 Å². The van der Waals surface area contributed by atoms with Crippen molar-refractivity contribution in [1.29, 1.82) is 0 Å². The average molecular weight is 341 g/mol. The Morgan fingerprint density at radius 3 is 2.40 bits per heavy atom. The van der Waals surface area contributed by atoms with Crippen molar-refractivity contribution in [1.82, 2.24) is 4.90 Å². The molecule has 1 amide bonds. The molecule has 0 radical (unpaired) electrons. The highest BCUT2D eigenvalue weighted by molar-refractivity contribution is 5.96. The second-order valence-electron chi connectivity index (χ2n) is 6.02. The summed E-state index contributed by atoms with van der Waals surface area (Å²) in [6, 6.07) is 11.6. The summed E-state index contributed by atoms with van der Waals surface area (Å²) in [5, 5.41) is 20.7. The summed E-state index contributed by atoms with van der Waals surface area (Å²) in [4.78, 5) is 26.9. The van der Waals surface area contributed by atoms with E-state index in [-0.39, 0.29) is 22.3 Å². The molecule has 1 saturated heterocycles. The van der Waals surface area contributed by atoms with Crippen LogP contribution in [0.3, 0.4) is 0 Å². The van der Waals surface area contributed by atoms with Crippen molar-refractivity contribution in [3.63, 3.8) is 0 Å². The molecule has 3 rings (SSSR count). The fourth-order valence-corrected chi connectivity index (χ4v) is 3.03. The zero-order chi connectivity index (χ0) is 18.0. The van der Waals surface area contributed by atoms with Crippen LogP contribution in [0, 0.1) is 17.0 Å². The minimum absolute atomic E-state index is 0.0130. The van der Waals surface area contributed by atoms with Gasteiger partial charge in [0.15, 0.2) is 0 Å². The van der Waals surface area contributed by atoms with Crippen LogP contribution in [-0.2, 0) is 0 Å². The molecule has 0 atom stereocenters. The van der Waals surface area contributed by atoms with Gasteiger partial charge in [0.05, 0.1) is 10.5 Å². The maximum Gasteiger partial charge on any atom is 0.272 e. The van der Waals surface area contributed by atoms with Crippen molar-refractivity contribution in [2.45, 2.75) is 6.92 Å². The molecule has 130 valence electrons. The number of phenols is 1. The summed E-state index contributed by atoms with van der Waals surface area (Å²) < 4.78 is 0. The molecule has 7 heteroatoms. The summed E-state index contributed by atoms with van der Waals surface area (Å²) in [6.07, 6.45) is 0. The number of carbonyl (C=O) groups is 1. The van der Waals surface area contributed by atoms with Gasteiger partial charge in [-0.1, -0.05) is 12.1 Å². The first-order valence-electron chi connectivity index (χ1n) is 8.04. The minimum atomic E-state index is -0.387. The van der Waals surface area contributed by atoms with Crippen molar-refractivity contribution in [3.8, 4) is 5.75 Å². The maximum atomic E-state index is 12.5. The van der Waals surface area contributed by atoms with Crippen molar-refractivity contribution in [3.05, 3.63) is 63.7 Å². The maximum absolute atomic E-state index is 12.5. The van der Waals surface area contributed by atoms with E-state index in [0.717, 1.165) is 5.69 Å². The van der Waals surface area contributed by atoms with E-state index >= 15 is 0 Å². The summed E-state index contributed by atoms with van der Waals surface area (Å²) in [5.41, 5.74) is 1.95. The number of nitrogens with zero attached hydrogens (tertiary/aromatic N) is 3. The van der Waals surface area contributed by atoms with Crippen molar-refractivity contribution in [2.75, 3.05) is 31.1 Å². The fraction of sp³-hybridized carbons (Fsp3) is 0.278. The van der Waals surface area contributed by atoms with Gasteiger partial charge < -0.3 is 14.9 Å². The SMILES string of the molecule is Cc1cc(N2CCN(C(=O)c3ccccc3O)CC2)ccc1[N+](=O)[O-]. The number of aromatic hydroxyl groups is 1. The molecule has 7 nitrogen and oxygen atoms in total. The Labute approximate surface area is 145 Å². The minimum Gasteiger partial charge on any atom is -0.507 e. The fourth-order valence-electron chi connectivity index (χ4n) is 3.03. The molecule has 0 aliphatic carbocycles. The van der Waals surface area contributed by atoms with Crippen LogP contribution in [0.15, 0.2) is 42.5 Å². The summed E-state index contributed by atoms with van der Waals surface area (Å²) in [6.45, 7) is 4.05. The van der Waals surface area contributed by atoms with Crippen LogP contribution in [0.25, 0.3) is 0 Å². The van der Waals surface area contributed by atoms with Crippen molar-refractivity contribution < 1.29 is 14.8 Å². The molecule has 0 spiro atoms. The molecule has 25 heavy (non-hydrogen) atoms. The number of hydrogen-bond donors (Lipinski definition) is 1. The Bertz CT molecular complexity index is 814. The summed E-state index contributed by atoms with van der Waals surface area (Å²) in [5.74, 6) is -0.196. The molecule has 1 heterocycles. The molecule has 0 aromatic heterocycles. The number of aryl methyl sites for hydroxylation is 1. The van der Waals surface area contributed by atoms with Gasteiger partial charge in [0.2, 0.25) is 0 Å². The molecular weight excluding hydrogens is 322 g/mol. The zero-order valence-electron chi connectivity index (χ0n) is 13.9. The largest absolute Gasteiger partial charge is 0.507 e. The smallest absolute Gasteiger partial charge is 0.272 e. The van der Waals surface area contributed by atoms with E-state index in [2.05, 4.69) is 4.90 Å². The number of nitro benzene ring substituents is 1. The molecule has 1 N–H and O–H groups in total. The number of phenolic OH excluding ortho intramolecular Hbond substituents is 1. The highest BCUT2D eigenvalue weighted by Gasteiger charge is 2.24. The standard InChI is InChI=1S/C18H19N3O4/c1-13-12-14(6-7-16(13)21(24)25)19-8-10-20(11-9-19)18(23)15-4-2-3-5-17(15)22/h2-7,12,22H,8-11H2,1H3. The predicted octanol–water partition coefficient (Wildman–Crippen LogP) is 2.57. The van der Waals surface area contributed by atoms with Crippen LogP contribution in [-0.4, -0.2) is 47.0 Å². The number of rotatable bonds is 3. The average Bonchev–Trinajstić information content (AvgIpc) is 2.61. The number of para-hydroxylation sites is 1. The molecule has 0 bridgehead atoms. The van der Waals surface area contributed by atoms with Gasteiger partial charge in [-0.25, -0.2) is 0 Å². The van der Waals surface area contributed by atoms with Gasteiger partial charge >= 0.3 is 0 Å². The lowest BCUT2D eigenvalue weighted by Crippen LogP contribution is -2.48. The number of carbonyl (C=O) groups excluding carboxylic acids is 1. The predicted molar refractivity (Wildman–Crippen MR) is 94.1 cm³/mol. The van der Waals surface area contributed by atoms with E-state index < -0.39 is 0 Å². The summed E-state index contributed by atoms with van der Waals surface area (Å²) in [7, 11) is 0. The van der Waals surface area contributed by atoms with Gasteiger partial charge in [0, 0.05) is 43.5 Å². The molecule has 1 aliphatic heterocycles. The molecule has 0 saturated carbocycles. The zero-order valence-corrected chi connectivity index (χ0v) is 13.9. The lowest BCUT2D eigenvalue weighted by atomic mass is 10.1. The lowest BCUT2D eigenvalue weighted by Gasteiger charge is -2.36. The van der Waals surface area contributed by atoms with E-state index in [0.29, 0.717) is 37.3 Å². The highest BCUT2D eigenvalue weighted by Crippen LogP contribution is 2.26. The normalized spacial score (nSPS) is 14.4. The first-order valence-corrected chi connectivity index (χ1v) is 8.04. The van der Waals surface area contributed by atoms with Crippen molar-refractivity contribution in [2.24, 2.45) is 0 Å². The molecule has 0 unspecified atom stereocenters. The highest BCUT2D eigenvalue weighted by atomic mass is 16.6. The van der Waals surface area contributed by atoms with E-state index in [1.54, 1.807) is 42.2 Å². The Kier molecular flexibility index (Phi) is 4.56. The molecular formula is C18H19N3O4. The van der Waals surface area contributed by atoms with E-state index in [1.165, 1.54) is 12.1 Å². The number of piperazine rings is 1. The molecule has 1 aliphatic rings. The first-order chi connectivity index (χ1) is 12.0. The van der Waals surface area contributed by atoms with E-state index in [4.69, 9.17) is 0 Å². The Hall–Kier alpha value is -3.09. The number of anilines is 1. The number of nitro groups is 1. The van der Waals surface area contributed by atoms with Gasteiger partial charge in [-0.2, -0.15) is 0 Å². The topological polar surface area (TPSA) is 86.9 Å². The Morgan fingerprint density at radius 2 is 1.80 bits per heavy atom. The third-order valence-corrected chi connectivity index (χ3v) is 4.44. The van der Waals surface area contributed by atoms with Crippen molar-refractivity contribution >= 4 is 17.3 Å². The van der Waals surface area contributed by atoms with Gasteiger partial charge in [-0.15, -0.1) is 0 Å². The van der Waals surface area contributed by atoms with Crippen LogP contribution in [0.5, 0.6) is 5.75 Å². The number of benzene rings is 2.